The maximum Gasteiger partial charge on any atom is 0.221 e. The van der Waals surface area contributed by atoms with Crippen LogP contribution in [0.1, 0.15) is 12.0 Å². The Morgan fingerprint density at radius 3 is 2.94 bits per heavy atom. The monoisotopic (exact) mass is 315 g/mol. The van der Waals surface area contributed by atoms with Crippen molar-refractivity contribution in [2.75, 3.05) is 32.1 Å². The fourth-order valence-corrected chi connectivity index (χ4v) is 1.85. The Balaban J connectivity index is 2.26. The number of anilines is 1. The molecule has 2 N–H and O–H groups in total. The zero-order valence-electron chi connectivity index (χ0n) is 10.6. The van der Waals surface area contributed by atoms with Gasteiger partial charge in [0.2, 0.25) is 5.91 Å². The molecule has 5 nitrogen and oxygen atoms in total. The van der Waals surface area contributed by atoms with E-state index in [2.05, 4.69) is 31.5 Å². The van der Waals surface area contributed by atoms with Crippen molar-refractivity contribution in [3.63, 3.8) is 0 Å². The van der Waals surface area contributed by atoms with Crippen LogP contribution in [0.4, 0.5) is 5.82 Å². The molecule has 100 valence electrons. The van der Waals surface area contributed by atoms with Gasteiger partial charge in [-0.1, -0.05) is 0 Å². The van der Waals surface area contributed by atoms with Gasteiger partial charge in [0.25, 0.3) is 0 Å². The number of halogens is 1. The van der Waals surface area contributed by atoms with Crippen molar-refractivity contribution in [3.8, 4) is 0 Å². The van der Waals surface area contributed by atoms with Crippen molar-refractivity contribution in [1.82, 2.24) is 10.3 Å². The molecule has 0 unspecified atom stereocenters. The molecule has 1 aromatic rings. The minimum absolute atomic E-state index is 0.00862. The van der Waals surface area contributed by atoms with Gasteiger partial charge in [-0.25, -0.2) is 4.98 Å². The molecular formula is C12H18BrN3O2. The first kappa shape index (κ1) is 14.9. The molecule has 0 aliphatic heterocycles. The van der Waals surface area contributed by atoms with Crippen LogP contribution in [0.3, 0.4) is 0 Å². The highest BCUT2D eigenvalue weighted by molar-refractivity contribution is 9.10. The van der Waals surface area contributed by atoms with Gasteiger partial charge in [0, 0.05) is 37.3 Å². The number of amides is 1. The summed E-state index contributed by atoms with van der Waals surface area (Å²) in [5.41, 5.74) is 1.05. The summed E-state index contributed by atoms with van der Waals surface area (Å²) in [5, 5.41) is 5.90. The molecule has 1 heterocycles. The molecule has 0 bridgehead atoms. The summed E-state index contributed by atoms with van der Waals surface area (Å²) in [5.74, 6) is 0.817. The molecule has 0 saturated heterocycles. The van der Waals surface area contributed by atoms with E-state index in [4.69, 9.17) is 4.74 Å². The Bertz CT molecular complexity index is 399. The molecule has 0 atom stereocenters. The largest absolute Gasteiger partial charge is 0.383 e. The van der Waals surface area contributed by atoms with Gasteiger partial charge in [-0.05, 0) is 34.5 Å². The van der Waals surface area contributed by atoms with E-state index in [1.54, 1.807) is 13.3 Å². The smallest absolute Gasteiger partial charge is 0.221 e. The van der Waals surface area contributed by atoms with Crippen molar-refractivity contribution in [1.29, 1.82) is 0 Å². The number of pyridine rings is 1. The second kappa shape index (κ2) is 8.05. The fraction of sp³-hybridized carbons (Fsp3) is 0.500. The molecule has 0 saturated carbocycles. The molecular weight excluding hydrogens is 298 g/mol. The van der Waals surface area contributed by atoms with Gasteiger partial charge in [0.15, 0.2) is 0 Å². The van der Waals surface area contributed by atoms with E-state index in [9.17, 15) is 4.79 Å². The summed E-state index contributed by atoms with van der Waals surface area (Å²) < 4.78 is 5.80. The van der Waals surface area contributed by atoms with Gasteiger partial charge in [-0.15, -0.1) is 0 Å². The highest BCUT2D eigenvalue weighted by Crippen LogP contribution is 2.16. The molecule has 0 aliphatic carbocycles. The summed E-state index contributed by atoms with van der Waals surface area (Å²) in [6.45, 7) is 3.62. The van der Waals surface area contributed by atoms with Gasteiger partial charge >= 0.3 is 0 Å². The predicted molar refractivity (Wildman–Crippen MR) is 74.7 cm³/mol. The quantitative estimate of drug-likeness (QED) is 0.752. The number of aromatic nitrogens is 1. The lowest BCUT2D eigenvalue weighted by atomic mass is 10.3. The second-order valence-corrected chi connectivity index (χ2v) is 4.75. The molecule has 1 amide bonds. The lowest BCUT2D eigenvalue weighted by molar-refractivity contribution is -0.121. The Hall–Kier alpha value is -1.14. The zero-order valence-corrected chi connectivity index (χ0v) is 12.2. The molecule has 1 aromatic heterocycles. The van der Waals surface area contributed by atoms with Crippen LogP contribution in [0.2, 0.25) is 0 Å². The Labute approximate surface area is 115 Å². The molecule has 18 heavy (non-hydrogen) atoms. The lowest BCUT2D eigenvalue weighted by Gasteiger charge is -2.09. The van der Waals surface area contributed by atoms with Crippen LogP contribution in [-0.2, 0) is 9.53 Å². The van der Waals surface area contributed by atoms with E-state index in [0.29, 0.717) is 26.1 Å². The number of nitrogens with zero attached hydrogens (tertiary/aromatic N) is 1. The molecule has 6 heteroatoms. The third-order valence-electron chi connectivity index (χ3n) is 2.32. The number of hydrogen-bond acceptors (Lipinski definition) is 4. The first-order chi connectivity index (χ1) is 8.63. The molecule has 0 fully saturated rings. The van der Waals surface area contributed by atoms with Gasteiger partial charge in [0.1, 0.15) is 5.82 Å². The summed E-state index contributed by atoms with van der Waals surface area (Å²) in [7, 11) is 1.61. The van der Waals surface area contributed by atoms with Gasteiger partial charge in [-0.3, -0.25) is 4.79 Å². The highest BCUT2D eigenvalue weighted by Gasteiger charge is 2.03. The summed E-state index contributed by atoms with van der Waals surface area (Å²) in [4.78, 5) is 15.7. The fourth-order valence-electron chi connectivity index (χ4n) is 1.40. The van der Waals surface area contributed by atoms with E-state index >= 15 is 0 Å². The number of ether oxygens (including phenoxy) is 1. The molecule has 0 spiro atoms. The van der Waals surface area contributed by atoms with Crippen LogP contribution in [0, 0.1) is 6.92 Å². The van der Waals surface area contributed by atoms with Crippen LogP contribution in [-0.4, -0.2) is 37.7 Å². The molecule has 0 aromatic carbocycles. The maximum atomic E-state index is 11.4. The number of nitrogens with one attached hydrogen (secondary N) is 2. The third kappa shape index (κ3) is 5.46. The first-order valence-corrected chi connectivity index (χ1v) is 6.54. The van der Waals surface area contributed by atoms with Crippen LogP contribution in [0.15, 0.2) is 16.7 Å². The van der Waals surface area contributed by atoms with Crippen LogP contribution < -0.4 is 10.6 Å². The molecule has 0 radical (unpaired) electrons. The third-order valence-corrected chi connectivity index (χ3v) is 2.75. The minimum Gasteiger partial charge on any atom is -0.383 e. The van der Waals surface area contributed by atoms with E-state index in [-0.39, 0.29) is 5.91 Å². The summed E-state index contributed by atoms with van der Waals surface area (Å²) in [6, 6.07) is 1.98. The van der Waals surface area contributed by atoms with E-state index in [1.807, 2.05) is 13.0 Å². The van der Waals surface area contributed by atoms with Crippen molar-refractivity contribution >= 4 is 27.7 Å². The average molecular weight is 316 g/mol. The first-order valence-electron chi connectivity index (χ1n) is 5.75. The van der Waals surface area contributed by atoms with Crippen molar-refractivity contribution in [3.05, 3.63) is 22.3 Å². The highest BCUT2D eigenvalue weighted by atomic mass is 79.9. The topological polar surface area (TPSA) is 63.2 Å². The zero-order chi connectivity index (χ0) is 13.4. The Morgan fingerprint density at radius 1 is 1.50 bits per heavy atom. The van der Waals surface area contributed by atoms with Crippen molar-refractivity contribution in [2.45, 2.75) is 13.3 Å². The second-order valence-electron chi connectivity index (χ2n) is 3.84. The van der Waals surface area contributed by atoms with Gasteiger partial charge in [-0.2, -0.15) is 0 Å². The number of aryl methyl sites for hydroxylation is 1. The number of carbonyl (C=O) groups excluding carboxylic acids is 1. The van der Waals surface area contributed by atoms with E-state index < -0.39 is 0 Å². The predicted octanol–water partition coefficient (Wildman–Crippen LogP) is 1.72. The Kier molecular flexibility index (Phi) is 6.67. The molecule has 1 rings (SSSR count). The summed E-state index contributed by atoms with van der Waals surface area (Å²) in [6.07, 6.45) is 2.15. The van der Waals surface area contributed by atoms with Crippen molar-refractivity contribution < 1.29 is 9.53 Å². The standard InChI is InChI=1S/C12H18BrN3O2/c1-9-7-10(13)8-16-12(9)15-4-3-11(17)14-5-6-18-2/h7-8H,3-6H2,1-2H3,(H,14,17)(H,15,16). The number of carbonyl (C=O) groups is 1. The van der Waals surface area contributed by atoms with Gasteiger partial charge in [0.05, 0.1) is 6.61 Å². The number of rotatable bonds is 7. The SMILES string of the molecule is COCCNC(=O)CCNc1ncc(Br)cc1C. The lowest BCUT2D eigenvalue weighted by Crippen LogP contribution is -2.28. The van der Waals surface area contributed by atoms with E-state index in [1.165, 1.54) is 0 Å². The average Bonchev–Trinajstić information content (AvgIpc) is 2.32. The number of methoxy groups -OCH3 is 1. The van der Waals surface area contributed by atoms with Crippen molar-refractivity contribution in [2.24, 2.45) is 0 Å². The normalized spacial score (nSPS) is 10.2. The van der Waals surface area contributed by atoms with Crippen LogP contribution >= 0.6 is 15.9 Å². The van der Waals surface area contributed by atoms with Gasteiger partial charge < -0.3 is 15.4 Å². The van der Waals surface area contributed by atoms with Crippen LogP contribution in [0.5, 0.6) is 0 Å². The van der Waals surface area contributed by atoms with E-state index in [0.717, 1.165) is 15.9 Å². The number of hydrogen-bond donors (Lipinski definition) is 2. The maximum absolute atomic E-state index is 11.4. The minimum atomic E-state index is 0.00862. The Morgan fingerprint density at radius 2 is 2.28 bits per heavy atom. The summed E-state index contributed by atoms with van der Waals surface area (Å²) >= 11 is 3.36. The van der Waals surface area contributed by atoms with Crippen LogP contribution in [0.25, 0.3) is 0 Å². The molecule has 0 aliphatic rings.